The number of halogens is 1. The highest BCUT2D eigenvalue weighted by atomic mass is 35.5. The van der Waals surface area contributed by atoms with Crippen LogP contribution in [0.25, 0.3) is 0 Å². The smallest absolute Gasteiger partial charge is 0.323 e. The first-order chi connectivity index (χ1) is 15.9. The number of aryl methyl sites for hydroxylation is 2. The minimum atomic E-state index is -0.314. The van der Waals surface area contributed by atoms with Crippen molar-refractivity contribution in [3.63, 3.8) is 0 Å². The van der Waals surface area contributed by atoms with Gasteiger partial charge < -0.3 is 20.4 Å². The fourth-order valence-corrected chi connectivity index (χ4v) is 3.94. The van der Waals surface area contributed by atoms with Gasteiger partial charge in [-0.3, -0.25) is 4.79 Å². The Balaban J connectivity index is 1.31. The van der Waals surface area contributed by atoms with Crippen LogP contribution in [0, 0.1) is 13.8 Å². The van der Waals surface area contributed by atoms with E-state index in [-0.39, 0.29) is 11.9 Å². The standard InChI is InChI=1S/C25H26ClN5O2/c1-17-6-7-18(2)22(14-17)29-25(33)28-21-8-9-23(27-16-21)30-10-12-31(13-11-30)24(32)19-4-3-5-20(26)15-19/h3-9,14-16H,10-13H2,1-2H3,(H2,28,29,33). The molecule has 2 heterocycles. The van der Waals surface area contributed by atoms with Crippen LogP contribution in [0.1, 0.15) is 21.5 Å². The Kier molecular flexibility index (Phi) is 6.79. The van der Waals surface area contributed by atoms with Crippen molar-refractivity contribution < 1.29 is 9.59 Å². The largest absolute Gasteiger partial charge is 0.353 e. The van der Waals surface area contributed by atoms with Gasteiger partial charge >= 0.3 is 6.03 Å². The number of hydrogen-bond acceptors (Lipinski definition) is 4. The lowest BCUT2D eigenvalue weighted by Gasteiger charge is -2.35. The number of nitrogens with one attached hydrogen (secondary N) is 2. The highest BCUT2D eigenvalue weighted by Gasteiger charge is 2.23. The van der Waals surface area contributed by atoms with E-state index in [1.165, 1.54) is 0 Å². The molecule has 33 heavy (non-hydrogen) atoms. The molecular formula is C25H26ClN5O2. The van der Waals surface area contributed by atoms with Gasteiger partial charge in [0.1, 0.15) is 5.82 Å². The number of benzene rings is 2. The minimum absolute atomic E-state index is 0.0143. The third-order valence-corrected chi connectivity index (χ3v) is 5.84. The number of nitrogens with zero attached hydrogens (tertiary/aromatic N) is 3. The van der Waals surface area contributed by atoms with Crippen LogP contribution >= 0.6 is 11.6 Å². The first-order valence-electron chi connectivity index (χ1n) is 10.8. The second-order valence-electron chi connectivity index (χ2n) is 8.09. The molecule has 2 N–H and O–H groups in total. The monoisotopic (exact) mass is 463 g/mol. The van der Waals surface area contributed by atoms with E-state index in [0.29, 0.717) is 42.5 Å². The number of urea groups is 1. The summed E-state index contributed by atoms with van der Waals surface area (Å²) in [5.74, 6) is 0.796. The van der Waals surface area contributed by atoms with Crippen LogP contribution in [0.3, 0.4) is 0 Å². The maximum absolute atomic E-state index is 12.7. The molecule has 0 aliphatic carbocycles. The molecule has 0 atom stereocenters. The van der Waals surface area contributed by atoms with Gasteiger partial charge in [-0.15, -0.1) is 0 Å². The molecule has 4 rings (SSSR count). The van der Waals surface area contributed by atoms with Crippen molar-refractivity contribution in [3.05, 3.63) is 82.5 Å². The van der Waals surface area contributed by atoms with Gasteiger partial charge in [-0.05, 0) is 61.4 Å². The number of rotatable bonds is 4. The molecule has 3 aromatic rings. The van der Waals surface area contributed by atoms with Crippen molar-refractivity contribution in [3.8, 4) is 0 Å². The van der Waals surface area contributed by atoms with Crippen molar-refractivity contribution >= 4 is 40.7 Å². The second kappa shape index (κ2) is 9.92. The molecule has 1 aromatic heterocycles. The van der Waals surface area contributed by atoms with Crippen LogP contribution in [-0.4, -0.2) is 48.0 Å². The predicted molar refractivity (Wildman–Crippen MR) is 132 cm³/mol. The molecule has 170 valence electrons. The molecule has 1 saturated heterocycles. The van der Waals surface area contributed by atoms with Crippen LogP contribution in [0.4, 0.5) is 22.0 Å². The molecule has 0 unspecified atom stereocenters. The molecule has 1 fully saturated rings. The second-order valence-corrected chi connectivity index (χ2v) is 8.53. The summed E-state index contributed by atoms with van der Waals surface area (Å²) in [6.07, 6.45) is 1.64. The lowest BCUT2D eigenvalue weighted by molar-refractivity contribution is 0.0746. The predicted octanol–water partition coefficient (Wildman–Crippen LogP) is 4.96. The summed E-state index contributed by atoms with van der Waals surface area (Å²) in [6, 6.07) is 16.3. The molecule has 8 heteroatoms. The summed E-state index contributed by atoms with van der Waals surface area (Å²) in [7, 11) is 0. The first kappa shape index (κ1) is 22.6. The van der Waals surface area contributed by atoms with E-state index in [1.807, 2.05) is 49.1 Å². The molecular weight excluding hydrogens is 438 g/mol. The lowest BCUT2D eigenvalue weighted by atomic mass is 10.1. The highest BCUT2D eigenvalue weighted by molar-refractivity contribution is 6.30. The van der Waals surface area contributed by atoms with E-state index in [1.54, 1.807) is 30.5 Å². The zero-order valence-corrected chi connectivity index (χ0v) is 19.4. The molecule has 0 spiro atoms. The molecule has 1 aliphatic heterocycles. The van der Waals surface area contributed by atoms with E-state index >= 15 is 0 Å². The van der Waals surface area contributed by atoms with Gasteiger partial charge in [-0.25, -0.2) is 9.78 Å². The summed E-state index contributed by atoms with van der Waals surface area (Å²) in [5.41, 5.74) is 4.07. The van der Waals surface area contributed by atoms with E-state index in [2.05, 4.69) is 20.5 Å². The van der Waals surface area contributed by atoms with Gasteiger partial charge in [0.15, 0.2) is 0 Å². The first-order valence-corrected chi connectivity index (χ1v) is 11.2. The summed E-state index contributed by atoms with van der Waals surface area (Å²) in [5, 5.41) is 6.25. The zero-order valence-electron chi connectivity index (χ0n) is 18.6. The number of carbonyl (C=O) groups excluding carboxylic acids is 2. The summed E-state index contributed by atoms with van der Waals surface area (Å²) in [6.45, 7) is 6.50. The van der Waals surface area contributed by atoms with Crippen LogP contribution < -0.4 is 15.5 Å². The Bertz CT molecular complexity index is 1160. The van der Waals surface area contributed by atoms with E-state index in [0.717, 1.165) is 22.6 Å². The average Bonchev–Trinajstić information content (AvgIpc) is 2.81. The number of piperazine rings is 1. The maximum atomic E-state index is 12.7. The number of carbonyl (C=O) groups is 2. The topological polar surface area (TPSA) is 77.6 Å². The zero-order chi connectivity index (χ0) is 23.4. The van der Waals surface area contributed by atoms with Gasteiger partial charge in [0.2, 0.25) is 0 Å². The van der Waals surface area contributed by atoms with Crippen LogP contribution in [0.5, 0.6) is 0 Å². The fraction of sp³-hybridized carbons (Fsp3) is 0.240. The van der Waals surface area contributed by atoms with Crippen molar-refractivity contribution in [2.24, 2.45) is 0 Å². The summed E-state index contributed by atoms with van der Waals surface area (Å²) >= 11 is 6.01. The Labute approximate surface area is 198 Å². The molecule has 0 radical (unpaired) electrons. The van der Waals surface area contributed by atoms with Crippen molar-refractivity contribution in [2.45, 2.75) is 13.8 Å². The molecule has 7 nitrogen and oxygen atoms in total. The maximum Gasteiger partial charge on any atom is 0.323 e. The SMILES string of the molecule is Cc1ccc(C)c(NC(=O)Nc2ccc(N3CCN(C(=O)c4cccc(Cl)c4)CC3)nc2)c1. The molecule has 0 bridgehead atoms. The van der Waals surface area contributed by atoms with Crippen molar-refractivity contribution in [2.75, 3.05) is 41.7 Å². The number of hydrogen-bond donors (Lipinski definition) is 2. The Morgan fingerprint density at radius 3 is 2.42 bits per heavy atom. The summed E-state index contributed by atoms with van der Waals surface area (Å²) < 4.78 is 0. The number of aromatic nitrogens is 1. The van der Waals surface area contributed by atoms with Gasteiger partial charge in [0.25, 0.3) is 5.91 Å². The van der Waals surface area contributed by atoms with Gasteiger partial charge in [0.05, 0.1) is 11.9 Å². The molecule has 0 saturated carbocycles. The quantitative estimate of drug-likeness (QED) is 0.573. The van der Waals surface area contributed by atoms with Gasteiger partial charge in [-0.2, -0.15) is 0 Å². The third kappa shape index (κ3) is 5.62. The Morgan fingerprint density at radius 1 is 0.939 bits per heavy atom. The fourth-order valence-electron chi connectivity index (χ4n) is 3.74. The van der Waals surface area contributed by atoms with Crippen LogP contribution in [0.2, 0.25) is 5.02 Å². The van der Waals surface area contributed by atoms with E-state index < -0.39 is 0 Å². The third-order valence-electron chi connectivity index (χ3n) is 5.61. The summed E-state index contributed by atoms with van der Waals surface area (Å²) in [4.78, 5) is 33.5. The van der Waals surface area contributed by atoms with Crippen LogP contribution in [-0.2, 0) is 0 Å². The molecule has 2 aromatic carbocycles. The van der Waals surface area contributed by atoms with Crippen molar-refractivity contribution in [1.82, 2.24) is 9.88 Å². The Morgan fingerprint density at radius 2 is 1.73 bits per heavy atom. The number of amides is 3. The number of anilines is 3. The van der Waals surface area contributed by atoms with E-state index in [9.17, 15) is 9.59 Å². The number of pyridine rings is 1. The lowest BCUT2D eigenvalue weighted by Crippen LogP contribution is -2.49. The Hall–Kier alpha value is -3.58. The molecule has 1 aliphatic rings. The normalized spacial score (nSPS) is 13.5. The van der Waals surface area contributed by atoms with Gasteiger partial charge in [0, 0.05) is 42.5 Å². The van der Waals surface area contributed by atoms with E-state index in [4.69, 9.17) is 11.6 Å². The highest BCUT2D eigenvalue weighted by Crippen LogP contribution is 2.20. The molecule has 3 amide bonds. The van der Waals surface area contributed by atoms with Crippen LogP contribution in [0.15, 0.2) is 60.8 Å². The minimum Gasteiger partial charge on any atom is -0.353 e. The van der Waals surface area contributed by atoms with Crippen molar-refractivity contribution in [1.29, 1.82) is 0 Å². The van der Waals surface area contributed by atoms with Gasteiger partial charge in [-0.1, -0.05) is 29.8 Å². The average molecular weight is 464 g/mol.